The Kier molecular flexibility index (Phi) is 6.32. The monoisotopic (exact) mass is 414 g/mol. The summed E-state index contributed by atoms with van der Waals surface area (Å²) in [7, 11) is -1.90. The summed E-state index contributed by atoms with van der Waals surface area (Å²) in [4.78, 5) is 12.9. The van der Waals surface area contributed by atoms with Gasteiger partial charge in [-0.05, 0) is 73.4 Å². The lowest BCUT2D eigenvalue weighted by Crippen LogP contribution is -2.29. The number of aryl methyl sites for hydroxylation is 3. The first-order chi connectivity index (χ1) is 13.7. The number of hydrogen-bond acceptors (Lipinski definition) is 3. The van der Waals surface area contributed by atoms with Crippen molar-refractivity contribution < 1.29 is 13.2 Å². The zero-order valence-corrected chi connectivity index (χ0v) is 18.5. The molecule has 29 heavy (non-hydrogen) atoms. The molecule has 0 saturated heterocycles. The minimum atomic E-state index is -3.40. The van der Waals surface area contributed by atoms with Gasteiger partial charge in [0.25, 0.3) is 5.91 Å². The summed E-state index contributed by atoms with van der Waals surface area (Å²) in [6.07, 6.45) is 6.65. The Morgan fingerprint density at radius 1 is 1.10 bits per heavy atom. The van der Waals surface area contributed by atoms with Crippen LogP contribution in [0.4, 0.5) is 5.69 Å². The Morgan fingerprint density at radius 2 is 1.79 bits per heavy atom. The third-order valence-corrected chi connectivity index (χ3v) is 6.99. The average molecular weight is 415 g/mol. The molecule has 0 bridgehead atoms. The number of anilines is 1. The zero-order valence-electron chi connectivity index (χ0n) is 17.7. The van der Waals surface area contributed by atoms with Crippen LogP contribution in [0.2, 0.25) is 0 Å². The summed E-state index contributed by atoms with van der Waals surface area (Å²) >= 11 is 0. The lowest BCUT2D eigenvalue weighted by molar-refractivity contribution is 0.0935. The molecule has 5 nitrogen and oxygen atoms in total. The number of sulfonamides is 1. The Hall–Kier alpha value is -2.34. The number of nitrogens with one attached hydrogen (secondary N) is 1. The first kappa shape index (κ1) is 21.4. The summed E-state index contributed by atoms with van der Waals surface area (Å²) in [5.41, 5.74) is 5.72. The maximum absolute atomic E-state index is 12.9. The Balaban J connectivity index is 1.83. The largest absolute Gasteiger partial charge is 0.345 e. The maximum Gasteiger partial charge on any atom is 0.251 e. The molecule has 0 heterocycles. The van der Waals surface area contributed by atoms with Gasteiger partial charge >= 0.3 is 0 Å². The predicted molar refractivity (Wildman–Crippen MR) is 118 cm³/mol. The van der Waals surface area contributed by atoms with Gasteiger partial charge in [-0.15, -0.1) is 0 Å². The van der Waals surface area contributed by atoms with Gasteiger partial charge in [0.15, 0.2) is 0 Å². The standard InChI is InChI=1S/C23H30N2O3S/c1-5-21(19-13-12-17-8-6-7-9-18(17)14-19)24-23(26)20-11-10-16(2)22(15-20)25(3)29(4,27)28/h10-15,21H,5-9H2,1-4H3,(H,24,26)/t21-/m0/s1. The molecule has 0 fully saturated rings. The van der Waals surface area contributed by atoms with Crippen LogP contribution in [0, 0.1) is 6.92 Å². The molecule has 0 aromatic heterocycles. The highest BCUT2D eigenvalue weighted by molar-refractivity contribution is 7.92. The number of rotatable bonds is 6. The summed E-state index contributed by atoms with van der Waals surface area (Å²) in [5.74, 6) is -0.197. The zero-order chi connectivity index (χ0) is 21.2. The van der Waals surface area contributed by atoms with E-state index < -0.39 is 10.0 Å². The number of amides is 1. The van der Waals surface area contributed by atoms with E-state index in [4.69, 9.17) is 0 Å². The molecular weight excluding hydrogens is 384 g/mol. The Morgan fingerprint density at radius 3 is 2.45 bits per heavy atom. The molecule has 0 radical (unpaired) electrons. The maximum atomic E-state index is 12.9. The van der Waals surface area contributed by atoms with Gasteiger partial charge in [-0.3, -0.25) is 9.10 Å². The van der Waals surface area contributed by atoms with E-state index >= 15 is 0 Å². The number of hydrogen-bond donors (Lipinski definition) is 1. The lowest BCUT2D eigenvalue weighted by atomic mass is 9.88. The van der Waals surface area contributed by atoms with Crippen molar-refractivity contribution in [3.8, 4) is 0 Å². The highest BCUT2D eigenvalue weighted by Crippen LogP contribution is 2.27. The van der Waals surface area contributed by atoms with E-state index in [1.165, 1.54) is 35.3 Å². The number of nitrogens with zero attached hydrogens (tertiary/aromatic N) is 1. The second-order valence-electron chi connectivity index (χ2n) is 7.90. The van der Waals surface area contributed by atoms with Crippen molar-refractivity contribution in [3.63, 3.8) is 0 Å². The van der Waals surface area contributed by atoms with Crippen LogP contribution in [0.3, 0.4) is 0 Å². The fourth-order valence-corrected chi connectivity index (χ4v) is 4.46. The molecule has 1 atom stereocenters. The molecule has 0 spiro atoms. The molecule has 1 aliphatic carbocycles. The molecule has 6 heteroatoms. The first-order valence-electron chi connectivity index (χ1n) is 10.2. The molecule has 0 saturated carbocycles. The van der Waals surface area contributed by atoms with Gasteiger partial charge in [-0.1, -0.05) is 31.2 Å². The second-order valence-corrected chi connectivity index (χ2v) is 9.92. The molecule has 1 N–H and O–H groups in total. The minimum absolute atomic E-state index is 0.0767. The number of carbonyl (C=O) groups is 1. The average Bonchev–Trinajstić information content (AvgIpc) is 2.70. The Bertz CT molecular complexity index is 1010. The van der Waals surface area contributed by atoms with Crippen molar-refractivity contribution in [3.05, 3.63) is 64.2 Å². The van der Waals surface area contributed by atoms with E-state index in [0.717, 1.165) is 36.6 Å². The highest BCUT2D eigenvalue weighted by atomic mass is 32.2. The van der Waals surface area contributed by atoms with Gasteiger partial charge in [0.1, 0.15) is 0 Å². The van der Waals surface area contributed by atoms with Gasteiger partial charge in [-0.2, -0.15) is 0 Å². The first-order valence-corrected chi connectivity index (χ1v) is 12.0. The fourth-order valence-electron chi connectivity index (χ4n) is 3.90. The van der Waals surface area contributed by atoms with E-state index in [0.29, 0.717) is 11.3 Å². The van der Waals surface area contributed by atoms with Crippen LogP contribution in [0.5, 0.6) is 0 Å². The van der Waals surface area contributed by atoms with Gasteiger partial charge in [0.2, 0.25) is 10.0 Å². The lowest BCUT2D eigenvalue weighted by Gasteiger charge is -2.23. The van der Waals surface area contributed by atoms with E-state index in [9.17, 15) is 13.2 Å². The smallest absolute Gasteiger partial charge is 0.251 e. The third kappa shape index (κ3) is 4.81. The van der Waals surface area contributed by atoms with Crippen molar-refractivity contribution in [1.29, 1.82) is 0 Å². The highest BCUT2D eigenvalue weighted by Gasteiger charge is 2.20. The Labute approximate surface area is 174 Å². The summed E-state index contributed by atoms with van der Waals surface area (Å²) in [5, 5.41) is 3.12. The van der Waals surface area contributed by atoms with Gasteiger partial charge in [-0.25, -0.2) is 8.42 Å². The third-order valence-electron chi connectivity index (χ3n) is 5.80. The molecule has 0 unspecified atom stereocenters. The molecule has 0 aliphatic heterocycles. The van der Waals surface area contributed by atoms with E-state index in [-0.39, 0.29) is 11.9 Å². The van der Waals surface area contributed by atoms with Crippen LogP contribution in [0.15, 0.2) is 36.4 Å². The number of benzene rings is 2. The SMILES string of the molecule is CC[C@H](NC(=O)c1ccc(C)c(N(C)S(C)(=O)=O)c1)c1ccc2c(c1)CCCC2. The number of carbonyl (C=O) groups excluding carboxylic acids is 1. The summed E-state index contributed by atoms with van der Waals surface area (Å²) in [6.45, 7) is 3.89. The van der Waals surface area contributed by atoms with Crippen molar-refractivity contribution in [2.75, 3.05) is 17.6 Å². The second kappa shape index (κ2) is 8.57. The van der Waals surface area contributed by atoms with Gasteiger partial charge < -0.3 is 5.32 Å². The van der Waals surface area contributed by atoms with Gasteiger partial charge in [0.05, 0.1) is 18.0 Å². The van der Waals surface area contributed by atoms with Crippen LogP contribution in [0.25, 0.3) is 0 Å². The minimum Gasteiger partial charge on any atom is -0.345 e. The normalized spacial score (nSPS) is 14.8. The van der Waals surface area contributed by atoms with Crippen LogP contribution in [0.1, 0.15) is 64.8 Å². The quantitative estimate of drug-likeness (QED) is 0.772. The molecule has 2 aromatic carbocycles. The molecule has 2 aromatic rings. The molecule has 3 rings (SSSR count). The topological polar surface area (TPSA) is 66.5 Å². The fraction of sp³-hybridized carbons (Fsp3) is 0.435. The van der Waals surface area contributed by atoms with Crippen LogP contribution < -0.4 is 9.62 Å². The molecule has 156 valence electrons. The van der Waals surface area contributed by atoms with Crippen molar-refractivity contribution in [2.24, 2.45) is 0 Å². The van der Waals surface area contributed by atoms with Crippen molar-refractivity contribution in [1.82, 2.24) is 5.32 Å². The van der Waals surface area contributed by atoms with E-state index in [1.54, 1.807) is 18.2 Å². The van der Waals surface area contributed by atoms with Crippen LogP contribution >= 0.6 is 0 Å². The van der Waals surface area contributed by atoms with Crippen molar-refractivity contribution in [2.45, 2.75) is 52.0 Å². The molecule has 1 aliphatic rings. The molecule has 1 amide bonds. The van der Waals surface area contributed by atoms with Gasteiger partial charge in [0, 0.05) is 12.6 Å². The van der Waals surface area contributed by atoms with E-state index in [1.807, 2.05) is 6.92 Å². The van der Waals surface area contributed by atoms with E-state index in [2.05, 4.69) is 30.4 Å². The van der Waals surface area contributed by atoms with Crippen LogP contribution in [-0.4, -0.2) is 27.6 Å². The number of fused-ring (bicyclic) bond motifs is 1. The summed E-state index contributed by atoms with van der Waals surface area (Å²) in [6, 6.07) is 11.6. The van der Waals surface area contributed by atoms with Crippen molar-refractivity contribution >= 4 is 21.6 Å². The molecular formula is C23H30N2O3S. The predicted octanol–water partition coefficient (Wildman–Crippen LogP) is 4.15. The van der Waals surface area contributed by atoms with Crippen LogP contribution in [-0.2, 0) is 22.9 Å². The summed E-state index contributed by atoms with van der Waals surface area (Å²) < 4.78 is 25.0.